The summed E-state index contributed by atoms with van der Waals surface area (Å²) in [4.78, 5) is 6.75. The zero-order valence-corrected chi connectivity index (χ0v) is 15.9. The zero-order valence-electron chi connectivity index (χ0n) is 15.1. The molecular weight excluding hydrogens is 332 g/mol. The molecule has 0 unspecified atom stereocenters. The van der Waals surface area contributed by atoms with Gasteiger partial charge in [0.1, 0.15) is 5.01 Å². The van der Waals surface area contributed by atoms with E-state index in [2.05, 4.69) is 36.7 Å². The average Bonchev–Trinajstić information content (AvgIpc) is 2.92. The molecule has 1 heterocycles. The Kier molecular flexibility index (Phi) is 4.71. The van der Waals surface area contributed by atoms with Gasteiger partial charge in [-0.05, 0) is 36.2 Å². The van der Waals surface area contributed by atoms with Gasteiger partial charge in [-0.25, -0.2) is 4.98 Å². The predicted molar refractivity (Wildman–Crippen MR) is 103 cm³/mol. The Morgan fingerprint density at radius 2 is 1.80 bits per heavy atom. The lowest BCUT2D eigenvalue weighted by Crippen LogP contribution is -2.18. The smallest absolute Gasteiger partial charge is 0.162 e. The first-order valence-corrected chi connectivity index (χ1v) is 9.14. The first-order valence-electron chi connectivity index (χ1n) is 8.32. The van der Waals surface area contributed by atoms with E-state index in [0.29, 0.717) is 13.1 Å². The minimum atomic E-state index is -0.0917. The molecule has 0 aliphatic heterocycles. The molecule has 0 bridgehead atoms. The molecule has 0 fully saturated rings. The van der Waals surface area contributed by atoms with E-state index in [-0.39, 0.29) is 16.9 Å². The number of phenolic OH excluding ortho intramolecular Hbond substituents is 2. The third-order valence-corrected chi connectivity index (χ3v) is 5.24. The second-order valence-corrected chi connectivity index (χ2v) is 8.62. The Balaban J connectivity index is 1.80. The molecule has 0 radical (unpaired) electrons. The first kappa shape index (κ1) is 17.7. The van der Waals surface area contributed by atoms with Crippen LogP contribution in [0.2, 0.25) is 0 Å². The van der Waals surface area contributed by atoms with E-state index in [9.17, 15) is 10.2 Å². The lowest BCUT2D eigenvalue weighted by Gasteiger charge is -2.23. The highest BCUT2D eigenvalue weighted by atomic mass is 32.1. The summed E-state index contributed by atoms with van der Waals surface area (Å²) in [7, 11) is 1.99. The van der Waals surface area contributed by atoms with Crippen LogP contribution < -0.4 is 0 Å². The van der Waals surface area contributed by atoms with Crippen LogP contribution in [-0.4, -0.2) is 27.1 Å². The molecule has 3 aromatic rings. The molecule has 0 saturated heterocycles. The zero-order chi connectivity index (χ0) is 18.2. The van der Waals surface area contributed by atoms with Crippen molar-refractivity contribution < 1.29 is 10.2 Å². The van der Waals surface area contributed by atoms with Gasteiger partial charge in [0.15, 0.2) is 11.5 Å². The van der Waals surface area contributed by atoms with Gasteiger partial charge in [0.2, 0.25) is 0 Å². The van der Waals surface area contributed by atoms with Crippen molar-refractivity contribution in [3.05, 3.63) is 52.5 Å². The number of hydrogen-bond donors (Lipinski definition) is 2. The third kappa shape index (κ3) is 3.94. The number of aromatic hydroxyl groups is 2. The second kappa shape index (κ2) is 6.65. The molecule has 4 nitrogen and oxygen atoms in total. The predicted octanol–water partition coefficient (Wildman–Crippen LogP) is 4.64. The highest BCUT2D eigenvalue weighted by Gasteiger charge is 2.19. The highest BCUT2D eigenvalue weighted by molar-refractivity contribution is 7.18. The number of aromatic nitrogens is 1. The highest BCUT2D eigenvalue weighted by Crippen LogP contribution is 2.36. The maximum absolute atomic E-state index is 10.2. The molecule has 2 N–H and O–H groups in total. The molecular formula is C20H24N2O2S. The van der Waals surface area contributed by atoms with E-state index >= 15 is 0 Å². The standard InChI is InChI=1S/C20H24N2O2S/c1-20(2,3)14-9-13(19(24)16(23)10-14)11-22(4)12-18-21-15-7-5-6-8-17(15)25-18/h5-10,23-24H,11-12H2,1-4H3. The Morgan fingerprint density at radius 1 is 1.08 bits per heavy atom. The van der Waals surface area contributed by atoms with Gasteiger partial charge in [-0.3, -0.25) is 4.90 Å². The molecule has 2 aromatic carbocycles. The van der Waals surface area contributed by atoms with Crippen molar-refractivity contribution >= 4 is 21.6 Å². The van der Waals surface area contributed by atoms with Gasteiger partial charge in [0.05, 0.1) is 16.8 Å². The van der Waals surface area contributed by atoms with E-state index in [4.69, 9.17) is 0 Å². The van der Waals surface area contributed by atoms with Crippen LogP contribution in [0, 0.1) is 0 Å². The topological polar surface area (TPSA) is 56.6 Å². The molecule has 0 amide bonds. The summed E-state index contributed by atoms with van der Waals surface area (Å²) in [6, 6.07) is 11.7. The van der Waals surface area contributed by atoms with E-state index < -0.39 is 0 Å². The molecule has 1 aromatic heterocycles. The number of hydrogen-bond acceptors (Lipinski definition) is 5. The summed E-state index contributed by atoms with van der Waals surface area (Å²) in [5.74, 6) is -0.0973. The van der Waals surface area contributed by atoms with Gasteiger partial charge >= 0.3 is 0 Å². The quantitative estimate of drug-likeness (QED) is 0.669. The van der Waals surface area contributed by atoms with Crippen molar-refractivity contribution in [2.75, 3.05) is 7.05 Å². The number of nitrogens with zero attached hydrogens (tertiary/aromatic N) is 2. The van der Waals surface area contributed by atoms with Crippen LogP contribution >= 0.6 is 11.3 Å². The van der Waals surface area contributed by atoms with Crippen LogP contribution in [0.1, 0.15) is 36.9 Å². The van der Waals surface area contributed by atoms with Crippen molar-refractivity contribution in [3.8, 4) is 11.5 Å². The maximum Gasteiger partial charge on any atom is 0.162 e. The molecule has 0 aliphatic rings. The maximum atomic E-state index is 10.2. The van der Waals surface area contributed by atoms with Gasteiger partial charge < -0.3 is 10.2 Å². The SMILES string of the molecule is CN(Cc1nc2ccccc2s1)Cc1cc(C(C)(C)C)cc(O)c1O. The van der Waals surface area contributed by atoms with Crippen LogP contribution in [0.3, 0.4) is 0 Å². The minimum Gasteiger partial charge on any atom is -0.504 e. The summed E-state index contributed by atoms with van der Waals surface area (Å²) in [5, 5.41) is 21.3. The summed E-state index contributed by atoms with van der Waals surface area (Å²) >= 11 is 1.69. The molecule has 0 saturated carbocycles. The average molecular weight is 356 g/mol. The molecule has 132 valence electrons. The van der Waals surface area contributed by atoms with Crippen LogP contribution in [0.5, 0.6) is 11.5 Å². The van der Waals surface area contributed by atoms with Crippen LogP contribution in [-0.2, 0) is 18.5 Å². The van der Waals surface area contributed by atoms with E-state index in [1.165, 1.54) is 4.70 Å². The number of thiazole rings is 1. The van der Waals surface area contributed by atoms with E-state index in [1.54, 1.807) is 17.4 Å². The number of fused-ring (bicyclic) bond motifs is 1. The molecule has 25 heavy (non-hydrogen) atoms. The molecule has 5 heteroatoms. The minimum absolute atomic E-state index is 0.0378. The molecule has 0 aliphatic carbocycles. The Bertz CT molecular complexity index is 863. The number of para-hydroxylation sites is 1. The largest absolute Gasteiger partial charge is 0.504 e. The van der Waals surface area contributed by atoms with Gasteiger partial charge in [0, 0.05) is 12.1 Å². The van der Waals surface area contributed by atoms with E-state index in [0.717, 1.165) is 21.7 Å². The molecule has 3 rings (SSSR count). The van der Waals surface area contributed by atoms with Crippen molar-refractivity contribution in [2.24, 2.45) is 0 Å². The van der Waals surface area contributed by atoms with Crippen molar-refractivity contribution in [1.29, 1.82) is 0 Å². The summed E-state index contributed by atoms with van der Waals surface area (Å²) in [6.45, 7) is 7.51. The van der Waals surface area contributed by atoms with Crippen molar-refractivity contribution in [1.82, 2.24) is 9.88 Å². The van der Waals surface area contributed by atoms with E-state index in [1.807, 2.05) is 31.3 Å². The number of rotatable bonds is 4. The number of phenols is 2. The normalized spacial score (nSPS) is 12.2. The Hall–Kier alpha value is -2.11. The lowest BCUT2D eigenvalue weighted by atomic mass is 9.85. The third-order valence-electron chi connectivity index (χ3n) is 4.22. The monoisotopic (exact) mass is 356 g/mol. The summed E-state index contributed by atoms with van der Waals surface area (Å²) < 4.78 is 1.18. The van der Waals surface area contributed by atoms with Crippen LogP contribution in [0.25, 0.3) is 10.2 Å². The first-order chi connectivity index (χ1) is 11.7. The molecule has 0 atom stereocenters. The molecule has 0 spiro atoms. The summed E-state index contributed by atoms with van der Waals surface area (Å²) in [5.41, 5.74) is 2.66. The Labute approximate surface area is 152 Å². The second-order valence-electron chi connectivity index (χ2n) is 7.50. The fourth-order valence-electron chi connectivity index (χ4n) is 2.80. The fourth-order valence-corrected chi connectivity index (χ4v) is 3.84. The summed E-state index contributed by atoms with van der Waals surface area (Å²) in [6.07, 6.45) is 0. The van der Waals surface area contributed by atoms with Gasteiger partial charge in [0.25, 0.3) is 0 Å². The van der Waals surface area contributed by atoms with Crippen molar-refractivity contribution in [3.63, 3.8) is 0 Å². The van der Waals surface area contributed by atoms with Gasteiger partial charge in [-0.15, -0.1) is 11.3 Å². The lowest BCUT2D eigenvalue weighted by molar-refractivity contribution is 0.308. The van der Waals surface area contributed by atoms with Gasteiger partial charge in [-0.2, -0.15) is 0 Å². The van der Waals surface area contributed by atoms with Crippen molar-refractivity contribution in [2.45, 2.75) is 39.3 Å². The fraction of sp³-hybridized carbons (Fsp3) is 0.350. The van der Waals surface area contributed by atoms with Crippen LogP contribution in [0.15, 0.2) is 36.4 Å². The van der Waals surface area contributed by atoms with Crippen LogP contribution in [0.4, 0.5) is 0 Å². The Morgan fingerprint density at radius 3 is 2.48 bits per heavy atom. The number of benzene rings is 2. The van der Waals surface area contributed by atoms with Gasteiger partial charge in [-0.1, -0.05) is 39.0 Å².